The molecule has 4 aliphatic rings. The molecule has 0 aromatic carbocycles. The topological polar surface area (TPSA) is 24.5 Å². The largest absolute Gasteiger partial charge is 0.372 e. The molecule has 3 heteroatoms. The molecular formula is C17H30N2O. The van der Waals surface area contributed by atoms with Crippen molar-refractivity contribution in [1.29, 1.82) is 0 Å². The number of nitrogens with one attached hydrogen (secondary N) is 1. The zero-order valence-corrected chi connectivity index (χ0v) is 13.1. The van der Waals surface area contributed by atoms with E-state index >= 15 is 0 Å². The molecule has 5 atom stereocenters. The highest BCUT2D eigenvalue weighted by Crippen LogP contribution is 2.46. The van der Waals surface area contributed by atoms with E-state index in [9.17, 15) is 0 Å². The normalized spacial score (nSPS) is 48.0. The van der Waals surface area contributed by atoms with Gasteiger partial charge in [-0.2, -0.15) is 0 Å². The molecule has 3 nitrogen and oxygen atoms in total. The van der Waals surface area contributed by atoms with Crippen molar-refractivity contribution in [3.8, 4) is 0 Å². The van der Waals surface area contributed by atoms with Gasteiger partial charge in [-0.05, 0) is 58.3 Å². The highest BCUT2D eigenvalue weighted by atomic mass is 16.5. The molecule has 1 N–H and O–H groups in total. The van der Waals surface area contributed by atoms with E-state index in [1.54, 1.807) is 0 Å². The maximum atomic E-state index is 6.21. The lowest BCUT2D eigenvalue weighted by Gasteiger charge is -2.57. The molecule has 0 amide bonds. The molecule has 2 saturated heterocycles. The second-order valence-corrected chi connectivity index (χ2v) is 7.75. The van der Waals surface area contributed by atoms with Crippen molar-refractivity contribution < 1.29 is 4.74 Å². The van der Waals surface area contributed by atoms with Crippen molar-refractivity contribution in [2.45, 2.75) is 88.6 Å². The average molecular weight is 278 g/mol. The first-order chi connectivity index (χ1) is 9.70. The molecule has 4 rings (SSSR count). The average Bonchev–Trinajstić information content (AvgIpc) is 2.77. The first kappa shape index (κ1) is 13.5. The van der Waals surface area contributed by atoms with Gasteiger partial charge < -0.3 is 10.1 Å². The molecular weight excluding hydrogens is 248 g/mol. The first-order valence-corrected chi connectivity index (χ1v) is 8.85. The fourth-order valence-electron chi connectivity index (χ4n) is 5.54. The standard InChI is InChI=1S/C17H30N2O/c1-12-11-14-15(18-12)5-3-6-16(14)19-9-10-20-17(13(19)2)7-4-8-17/h12-16,18H,3-11H2,1-2H3. The van der Waals surface area contributed by atoms with Gasteiger partial charge >= 0.3 is 0 Å². The van der Waals surface area contributed by atoms with Gasteiger partial charge in [0.15, 0.2) is 0 Å². The minimum Gasteiger partial charge on any atom is -0.372 e. The van der Waals surface area contributed by atoms with Crippen molar-refractivity contribution in [3.05, 3.63) is 0 Å². The van der Waals surface area contributed by atoms with Crippen LogP contribution >= 0.6 is 0 Å². The fourth-order valence-corrected chi connectivity index (χ4v) is 5.54. The van der Waals surface area contributed by atoms with Crippen molar-refractivity contribution in [2.75, 3.05) is 13.2 Å². The second kappa shape index (κ2) is 4.96. The first-order valence-electron chi connectivity index (χ1n) is 8.85. The summed E-state index contributed by atoms with van der Waals surface area (Å²) in [4.78, 5) is 2.85. The van der Waals surface area contributed by atoms with E-state index < -0.39 is 0 Å². The van der Waals surface area contributed by atoms with Gasteiger partial charge in [-0.15, -0.1) is 0 Å². The van der Waals surface area contributed by atoms with Gasteiger partial charge in [-0.25, -0.2) is 0 Å². The Bertz CT molecular complexity index is 362. The van der Waals surface area contributed by atoms with Gasteiger partial charge in [0.1, 0.15) is 0 Å². The number of nitrogens with zero attached hydrogens (tertiary/aromatic N) is 1. The molecule has 2 heterocycles. The van der Waals surface area contributed by atoms with Crippen LogP contribution in [-0.2, 0) is 4.74 Å². The summed E-state index contributed by atoms with van der Waals surface area (Å²) in [5.41, 5.74) is 0.225. The second-order valence-electron chi connectivity index (χ2n) is 7.75. The summed E-state index contributed by atoms with van der Waals surface area (Å²) >= 11 is 0. The summed E-state index contributed by atoms with van der Waals surface area (Å²) in [5, 5.41) is 3.83. The Morgan fingerprint density at radius 2 is 2.00 bits per heavy atom. The summed E-state index contributed by atoms with van der Waals surface area (Å²) < 4.78 is 6.21. The molecule has 2 aliphatic heterocycles. The third-order valence-corrected chi connectivity index (χ3v) is 6.77. The Labute approximate surface area is 123 Å². The van der Waals surface area contributed by atoms with Crippen molar-refractivity contribution in [2.24, 2.45) is 5.92 Å². The Morgan fingerprint density at radius 1 is 1.15 bits per heavy atom. The molecule has 0 radical (unpaired) electrons. The van der Waals surface area contributed by atoms with Gasteiger partial charge in [0.2, 0.25) is 0 Å². The number of hydrogen-bond acceptors (Lipinski definition) is 3. The summed E-state index contributed by atoms with van der Waals surface area (Å²) in [6.45, 7) is 6.92. The molecule has 0 bridgehead atoms. The van der Waals surface area contributed by atoms with E-state index in [1.165, 1.54) is 44.9 Å². The zero-order chi connectivity index (χ0) is 13.7. The van der Waals surface area contributed by atoms with Gasteiger partial charge in [0.05, 0.1) is 12.2 Å². The Kier molecular flexibility index (Phi) is 3.36. The monoisotopic (exact) mass is 278 g/mol. The SMILES string of the molecule is CC1CC2C(CCCC2N2CCOC3(CCC3)C2C)N1. The van der Waals surface area contributed by atoms with Gasteiger partial charge in [-0.1, -0.05) is 6.42 Å². The van der Waals surface area contributed by atoms with E-state index in [1.807, 2.05) is 0 Å². The van der Waals surface area contributed by atoms with Gasteiger partial charge in [0, 0.05) is 30.7 Å². The van der Waals surface area contributed by atoms with Crippen LogP contribution in [0, 0.1) is 5.92 Å². The number of rotatable bonds is 1. The third kappa shape index (κ3) is 1.97. The van der Waals surface area contributed by atoms with Crippen LogP contribution in [-0.4, -0.2) is 47.8 Å². The van der Waals surface area contributed by atoms with Crippen LogP contribution in [0.4, 0.5) is 0 Å². The molecule has 2 aliphatic carbocycles. The van der Waals surface area contributed by atoms with Crippen LogP contribution in [0.1, 0.15) is 58.8 Å². The summed E-state index contributed by atoms with van der Waals surface area (Å²) in [5.74, 6) is 0.886. The lowest BCUT2D eigenvalue weighted by molar-refractivity contribution is -0.195. The smallest absolute Gasteiger partial charge is 0.0835 e. The molecule has 114 valence electrons. The van der Waals surface area contributed by atoms with E-state index in [0.29, 0.717) is 6.04 Å². The van der Waals surface area contributed by atoms with Crippen LogP contribution in [0.2, 0.25) is 0 Å². The van der Waals surface area contributed by atoms with E-state index in [4.69, 9.17) is 4.74 Å². The number of hydrogen-bond donors (Lipinski definition) is 1. The van der Waals surface area contributed by atoms with E-state index in [0.717, 1.165) is 37.2 Å². The van der Waals surface area contributed by atoms with Crippen LogP contribution in [0.5, 0.6) is 0 Å². The number of ether oxygens (including phenoxy) is 1. The number of morpholine rings is 1. The zero-order valence-electron chi connectivity index (χ0n) is 13.1. The molecule has 2 saturated carbocycles. The maximum Gasteiger partial charge on any atom is 0.0835 e. The van der Waals surface area contributed by atoms with Crippen molar-refractivity contribution in [3.63, 3.8) is 0 Å². The summed E-state index contributed by atoms with van der Waals surface area (Å²) in [6, 6.07) is 2.95. The van der Waals surface area contributed by atoms with E-state index in [2.05, 4.69) is 24.1 Å². The van der Waals surface area contributed by atoms with E-state index in [-0.39, 0.29) is 5.60 Å². The summed E-state index contributed by atoms with van der Waals surface area (Å²) in [7, 11) is 0. The van der Waals surface area contributed by atoms with Gasteiger partial charge in [-0.3, -0.25) is 4.90 Å². The summed E-state index contributed by atoms with van der Waals surface area (Å²) in [6.07, 6.45) is 9.55. The minimum absolute atomic E-state index is 0.225. The van der Waals surface area contributed by atoms with Crippen molar-refractivity contribution in [1.82, 2.24) is 10.2 Å². The lowest BCUT2D eigenvalue weighted by Crippen LogP contribution is -2.65. The predicted octanol–water partition coefficient (Wildman–Crippen LogP) is 2.55. The molecule has 20 heavy (non-hydrogen) atoms. The Morgan fingerprint density at radius 3 is 2.75 bits per heavy atom. The quantitative estimate of drug-likeness (QED) is 0.798. The Balaban J connectivity index is 1.53. The van der Waals surface area contributed by atoms with Crippen LogP contribution in [0.15, 0.2) is 0 Å². The Hall–Kier alpha value is -0.120. The lowest BCUT2D eigenvalue weighted by atomic mass is 9.71. The molecule has 0 aromatic heterocycles. The highest BCUT2D eigenvalue weighted by molar-refractivity contribution is 5.06. The molecule has 1 spiro atoms. The minimum atomic E-state index is 0.225. The van der Waals surface area contributed by atoms with Crippen LogP contribution < -0.4 is 5.32 Å². The highest BCUT2D eigenvalue weighted by Gasteiger charge is 2.51. The van der Waals surface area contributed by atoms with Crippen LogP contribution in [0.3, 0.4) is 0 Å². The van der Waals surface area contributed by atoms with Crippen molar-refractivity contribution >= 4 is 0 Å². The molecule has 5 unspecified atom stereocenters. The third-order valence-electron chi connectivity index (χ3n) is 6.77. The molecule has 4 fully saturated rings. The predicted molar refractivity (Wildman–Crippen MR) is 80.8 cm³/mol. The fraction of sp³-hybridized carbons (Fsp3) is 1.00. The van der Waals surface area contributed by atoms with Crippen LogP contribution in [0.25, 0.3) is 0 Å². The number of fused-ring (bicyclic) bond motifs is 1. The maximum absolute atomic E-state index is 6.21. The van der Waals surface area contributed by atoms with Gasteiger partial charge in [0.25, 0.3) is 0 Å². The molecule has 0 aromatic rings.